The first-order valence-corrected chi connectivity index (χ1v) is 11.9. The Morgan fingerprint density at radius 3 is 2.50 bits per heavy atom. The molecule has 1 aliphatic rings. The van der Waals surface area contributed by atoms with E-state index < -0.39 is 14.9 Å². The van der Waals surface area contributed by atoms with Gasteiger partial charge in [-0.1, -0.05) is 13.0 Å². The highest BCUT2D eigenvalue weighted by atomic mass is 32.2. The smallest absolute Gasteiger partial charge is 0.323 e. The standard InChI is InChI=1S/C21H25N5O5S/c1-13-7-9-25(10-8-13)32(30,31)16-4-6-18(20(12-16)26(28)29)22-14(2)15-3-5-17-19(11-15)24-21(27)23-17/h3-6,11-14,22H,7-10H2,1-2H3,(H2,23,24,27). The maximum atomic E-state index is 13.0. The Bertz CT molecular complexity index is 1320. The highest BCUT2D eigenvalue weighted by Gasteiger charge is 2.30. The second kappa shape index (κ2) is 8.40. The fourth-order valence-electron chi connectivity index (χ4n) is 3.96. The van der Waals surface area contributed by atoms with Gasteiger partial charge in [0.25, 0.3) is 5.69 Å². The van der Waals surface area contributed by atoms with Crippen molar-refractivity contribution >= 4 is 32.4 Å². The third-order valence-corrected chi connectivity index (χ3v) is 7.85. The van der Waals surface area contributed by atoms with E-state index in [1.165, 1.54) is 16.4 Å². The molecule has 2 heterocycles. The van der Waals surface area contributed by atoms with Gasteiger partial charge in [0.1, 0.15) is 5.69 Å². The zero-order valence-electron chi connectivity index (χ0n) is 17.8. The molecule has 2 aromatic carbocycles. The molecule has 1 aromatic heterocycles. The van der Waals surface area contributed by atoms with Gasteiger partial charge in [0.15, 0.2) is 0 Å². The maximum absolute atomic E-state index is 13.0. The SMILES string of the molecule is CC1CCN(S(=O)(=O)c2ccc(NC(C)c3ccc4[nH]c(=O)[nH]c4c3)c([N+](=O)[O-])c2)CC1. The normalized spacial score (nSPS) is 16.8. The van der Waals surface area contributed by atoms with E-state index in [-0.39, 0.29) is 28.0 Å². The first-order valence-electron chi connectivity index (χ1n) is 10.4. The third kappa shape index (κ3) is 4.26. The van der Waals surface area contributed by atoms with Crippen LogP contribution in [0.25, 0.3) is 11.0 Å². The lowest BCUT2D eigenvalue weighted by Gasteiger charge is -2.29. The van der Waals surface area contributed by atoms with Crippen molar-refractivity contribution in [1.29, 1.82) is 0 Å². The Balaban J connectivity index is 1.61. The fraction of sp³-hybridized carbons (Fsp3) is 0.381. The molecule has 32 heavy (non-hydrogen) atoms. The number of sulfonamides is 1. The van der Waals surface area contributed by atoms with Gasteiger partial charge in [0, 0.05) is 25.2 Å². The van der Waals surface area contributed by atoms with Gasteiger partial charge in [0.2, 0.25) is 10.0 Å². The number of nitro groups is 1. The van der Waals surface area contributed by atoms with Crippen LogP contribution < -0.4 is 11.0 Å². The Morgan fingerprint density at radius 1 is 1.12 bits per heavy atom. The Hall–Kier alpha value is -3.18. The summed E-state index contributed by atoms with van der Waals surface area (Å²) < 4.78 is 27.4. The van der Waals surface area contributed by atoms with E-state index in [1.807, 2.05) is 13.0 Å². The van der Waals surface area contributed by atoms with Crippen LogP contribution in [0.5, 0.6) is 0 Å². The van der Waals surface area contributed by atoms with Crippen LogP contribution in [0.15, 0.2) is 46.1 Å². The number of benzene rings is 2. The molecule has 0 aliphatic carbocycles. The van der Waals surface area contributed by atoms with Crippen molar-refractivity contribution in [3.05, 3.63) is 62.6 Å². The molecule has 1 aliphatic heterocycles. The average molecular weight is 460 g/mol. The predicted molar refractivity (Wildman–Crippen MR) is 121 cm³/mol. The lowest BCUT2D eigenvalue weighted by Crippen LogP contribution is -2.37. The van der Waals surface area contributed by atoms with Crippen LogP contribution in [0, 0.1) is 16.0 Å². The summed E-state index contributed by atoms with van der Waals surface area (Å²) in [4.78, 5) is 27.9. The molecule has 1 saturated heterocycles. The number of rotatable bonds is 6. The first-order chi connectivity index (χ1) is 15.1. The zero-order valence-corrected chi connectivity index (χ0v) is 18.6. The minimum absolute atomic E-state index is 0.0803. The minimum Gasteiger partial charge on any atom is -0.373 e. The molecule has 0 spiro atoms. The molecule has 1 atom stereocenters. The molecular formula is C21H25N5O5S. The summed E-state index contributed by atoms with van der Waals surface area (Å²) in [5.41, 5.74) is 1.71. The van der Waals surface area contributed by atoms with Gasteiger partial charge in [-0.15, -0.1) is 0 Å². The van der Waals surface area contributed by atoms with Gasteiger partial charge >= 0.3 is 5.69 Å². The van der Waals surface area contributed by atoms with Crippen molar-refractivity contribution in [2.45, 2.75) is 37.6 Å². The predicted octanol–water partition coefficient (Wildman–Crippen LogP) is 3.36. The number of hydrogen-bond donors (Lipinski definition) is 3. The largest absolute Gasteiger partial charge is 0.373 e. The summed E-state index contributed by atoms with van der Waals surface area (Å²) in [6, 6.07) is 8.98. The van der Waals surface area contributed by atoms with Crippen molar-refractivity contribution in [2.24, 2.45) is 5.92 Å². The number of H-pyrrole nitrogens is 2. The summed E-state index contributed by atoms with van der Waals surface area (Å²) in [5.74, 6) is 0.465. The van der Waals surface area contributed by atoms with Gasteiger partial charge in [-0.25, -0.2) is 13.2 Å². The molecule has 0 bridgehead atoms. The van der Waals surface area contributed by atoms with Gasteiger partial charge in [0.05, 0.1) is 20.9 Å². The molecule has 0 radical (unpaired) electrons. The van der Waals surface area contributed by atoms with Crippen LogP contribution in [0.4, 0.5) is 11.4 Å². The molecule has 170 valence electrons. The van der Waals surface area contributed by atoms with E-state index in [2.05, 4.69) is 22.2 Å². The van der Waals surface area contributed by atoms with E-state index in [0.717, 1.165) is 24.5 Å². The van der Waals surface area contributed by atoms with Gasteiger partial charge < -0.3 is 15.3 Å². The summed E-state index contributed by atoms with van der Waals surface area (Å²) in [6.07, 6.45) is 1.55. The fourth-order valence-corrected chi connectivity index (χ4v) is 5.45. The molecule has 0 saturated carbocycles. The second-order valence-corrected chi connectivity index (χ2v) is 10.2. The molecule has 3 N–H and O–H groups in total. The summed E-state index contributed by atoms with van der Waals surface area (Å²) in [7, 11) is -3.80. The van der Waals surface area contributed by atoms with E-state index in [9.17, 15) is 23.3 Å². The number of aromatic nitrogens is 2. The van der Waals surface area contributed by atoms with Gasteiger partial charge in [-0.2, -0.15) is 4.31 Å². The van der Waals surface area contributed by atoms with E-state index in [1.54, 1.807) is 12.1 Å². The van der Waals surface area contributed by atoms with Crippen LogP contribution in [0.2, 0.25) is 0 Å². The zero-order chi connectivity index (χ0) is 23.0. The van der Waals surface area contributed by atoms with Gasteiger partial charge in [-0.05, 0) is 55.5 Å². The minimum atomic E-state index is -3.80. The number of imidazole rings is 1. The van der Waals surface area contributed by atoms with Gasteiger partial charge in [-0.3, -0.25) is 10.1 Å². The topological polar surface area (TPSA) is 141 Å². The monoisotopic (exact) mass is 459 g/mol. The molecule has 10 nitrogen and oxygen atoms in total. The molecular weight excluding hydrogens is 434 g/mol. The number of aromatic amines is 2. The Kier molecular flexibility index (Phi) is 5.78. The second-order valence-electron chi connectivity index (χ2n) is 8.27. The number of nitrogens with one attached hydrogen (secondary N) is 3. The van der Waals surface area contributed by atoms with E-state index in [4.69, 9.17) is 0 Å². The van der Waals surface area contributed by atoms with Crippen molar-refractivity contribution in [3.63, 3.8) is 0 Å². The highest BCUT2D eigenvalue weighted by Crippen LogP contribution is 2.33. The van der Waals surface area contributed by atoms with Crippen molar-refractivity contribution < 1.29 is 13.3 Å². The first kappa shape index (κ1) is 22.0. The van der Waals surface area contributed by atoms with Crippen molar-refractivity contribution in [2.75, 3.05) is 18.4 Å². The highest BCUT2D eigenvalue weighted by molar-refractivity contribution is 7.89. The quantitative estimate of drug-likeness (QED) is 0.381. The van der Waals surface area contributed by atoms with Crippen LogP contribution in [0.1, 0.15) is 38.3 Å². The lowest BCUT2D eigenvalue weighted by atomic mass is 10.0. The molecule has 1 unspecified atom stereocenters. The Morgan fingerprint density at radius 2 is 1.81 bits per heavy atom. The van der Waals surface area contributed by atoms with E-state index in [0.29, 0.717) is 30.0 Å². The maximum Gasteiger partial charge on any atom is 0.323 e. The van der Waals surface area contributed by atoms with Crippen molar-refractivity contribution in [1.82, 2.24) is 14.3 Å². The summed E-state index contributed by atoms with van der Waals surface area (Å²) >= 11 is 0. The van der Waals surface area contributed by atoms with Crippen LogP contribution >= 0.6 is 0 Å². The third-order valence-electron chi connectivity index (χ3n) is 5.96. The van der Waals surface area contributed by atoms with E-state index >= 15 is 0 Å². The summed E-state index contributed by atoms with van der Waals surface area (Å²) in [6.45, 7) is 4.74. The number of hydrogen-bond acceptors (Lipinski definition) is 6. The number of nitro benzene ring substituents is 1. The van der Waals surface area contributed by atoms with Crippen molar-refractivity contribution in [3.8, 4) is 0 Å². The number of nitrogens with zero attached hydrogens (tertiary/aromatic N) is 2. The lowest BCUT2D eigenvalue weighted by molar-refractivity contribution is -0.384. The molecule has 1 fully saturated rings. The van der Waals surface area contributed by atoms with Crippen LogP contribution in [-0.2, 0) is 10.0 Å². The number of piperidine rings is 1. The van der Waals surface area contributed by atoms with Crippen LogP contribution in [0.3, 0.4) is 0 Å². The summed E-state index contributed by atoms with van der Waals surface area (Å²) in [5, 5.41) is 14.8. The number of anilines is 1. The molecule has 0 amide bonds. The molecule has 3 aromatic rings. The number of fused-ring (bicyclic) bond motifs is 1. The average Bonchev–Trinajstić information content (AvgIpc) is 3.13. The van der Waals surface area contributed by atoms with Crippen LogP contribution in [-0.4, -0.2) is 40.7 Å². The Labute approximate surface area is 184 Å². The molecule has 11 heteroatoms. The molecule has 4 rings (SSSR count).